The van der Waals surface area contributed by atoms with Crippen LogP contribution >= 0.6 is 11.6 Å². The number of nitrogens with two attached hydrogens (primary N) is 1. The molecule has 1 aromatic rings. The summed E-state index contributed by atoms with van der Waals surface area (Å²) in [6.45, 7) is 1.48. The first-order valence-corrected chi connectivity index (χ1v) is 5.09. The third-order valence-electron chi connectivity index (χ3n) is 2.19. The molecule has 0 unspecified atom stereocenters. The molecule has 5 heteroatoms. The maximum absolute atomic E-state index is 6.02. The molecule has 2 rings (SSSR count). The van der Waals surface area contributed by atoms with E-state index >= 15 is 0 Å². The molecule has 0 atom stereocenters. The molecule has 0 saturated carbocycles. The van der Waals surface area contributed by atoms with E-state index in [1.165, 1.54) is 0 Å². The minimum absolute atomic E-state index is 0.214. The molecule has 1 heterocycles. The fraction of sp³-hybridized carbons (Fsp3) is 0.400. The van der Waals surface area contributed by atoms with Crippen LogP contribution in [0.25, 0.3) is 0 Å². The molecule has 15 heavy (non-hydrogen) atoms. The third-order valence-corrected chi connectivity index (χ3v) is 2.54. The molecule has 0 bridgehead atoms. The van der Waals surface area contributed by atoms with Gasteiger partial charge in [0, 0.05) is 12.0 Å². The van der Waals surface area contributed by atoms with Crippen LogP contribution in [0.1, 0.15) is 12.0 Å². The second-order valence-electron chi connectivity index (χ2n) is 3.21. The summed E-state index contributed by atoms with van der Waals surface area (Å²) in [5.74, 6) is 6.39. The summed E-state index contributed by atoms with van der Waals surface area (Å²) in [6.07, 6.45) is 0.856. The zero-order valence-corrected chi connectivity index (χ0v) is 8.92. The molecule has 0 aromatic heterocycles. The minimum atomic E-state index is 0.214. The van der Waals surface area contributed by atoms with Crippen molar-refractivity contribution in [1.29, 1.82) is 0 Å². The molecular formula is C10H12ClNO3. The number of hydrogen-bond donors (Lipinski definition) is 1. The van der Waals surface area contributed by atoms with Gasteiger partial charge in [-0.2, -0.15) is 0 Å². The molecule has 2 N–H and O–H groups in total. The number of benzene rings is 1. The molecule has 1 aliphatic heterocycles. The van der Waals surface area contributed by atoms with Gasteiger partial charge in [0.25, 0.3) is 0 Å². The van der Waals surface area contributed by atoms with Crippen molar-refractivity contribution in [1.82, 2.24) is 0 Å². The molecule has 0 spiro atoms. The maximum Gasteiger partial charge on any atom is 0.168 e. The molecule has 1 aromatic carbocycles. The van der Waals surface area contributed by atoms with Crippen LogP contribution in [-0.4, -0.2) is 13.2 Å². The Morgan fingerprint density at radius 2 is 2.13 bits per heavy atom. The lowest BCUT2D eigenvalue weighted by Gasteiger charge is -2.12. The summed E-state index contributed by atoms with van der Waals surface area (Å²) in [4.78, 5) is 4.60. The van der Waals surface area contributed by atoms with E-state index in [2.05, 4.69) is 4.84 Å². The van der Waals surface area contributed by atoms with Gasteiger partial charge in [-0.15, -0.1) is 0 Å². The summed E-state index contributed by atoms with van der Waals surface area (Å²) in [5, 5.41) is 0.574. The Morgan fingerprint density at radius 3 is 2.93 bits per heavy atom. The van der Waals surface area contributed by atoms with Gasteiger partial charge in [-0.25, -0.2) is 5.90 Å². The number of hydrogen-bond acceptors (Lipinski definition) is 4. The van der Waals surface area contributed by atoms with Crippen molar-refractivity contribution in [3.8, 4) is 11.5 Å². The highest BCUT2D eigenvalue weighted by molar-refractivity contribution is 6.31. The quantitative estimate of drug-likeness (QED) is 0.787. The van der Waals surface area contributed by atoms with Crippen LogP contribution in [0.4, 0.5) is 0 Å². The van der Waals surface area contributed by atoms with Gasteiger partial charge in [0.15, 0.2) is 11.5 Å². The molecule has 1 aliphatic rings. The normalized spacial score (nSPS) is 14.8. The summed E-state index contributed by atoms with van der Waals surface area (Å²) in [7, 11) is 0. The third kappa shape index (κ3) is 2.17. The van der Waals surface area contributed by atoms with Gasteiger partial charge in [-0.1, -0.05) is 11.6 Å². The average Bonchev–Trinajstić information content (AvgIpc) is 2.47. The topological polar surface area (TPSA) is 53.7 Å². The summed E-state index contributed by atoms with van der Waals surface area (Å²) in [5.41, 5.74) is 0.735. The highest BCUT2D eigenvalue weighted by atomic mass is 35.5. The smallest absolute Gasteiger partial charge is 0.168 e. The van der Waals surface area contributed by atoms with Crippen molar-refractivity contribution in [2.45, 2.75) is 13.0 Å². The van der Waals surface area contributed by atoms with Gasteiger partial charge in [-0.3, -0.25) is 4.84 Å². The molecule has 0 aliphatic carbocycles. The lowest BCUT2D eigenvalue weighted by atomic mass is 10.2. The Balaban J connectivity index is 2.42. The van der Waals surface area contributed by atoms with E-state index in [9.17, 15) is 0 Å². The Hall–Kier alpha value is -0.970. The highest BCUT2D eigenvalue weighted by Gasteiger charge is 2.17. The van der Waals surface area contributed by atoms with E-state index in [1.54, 1.807) is 12.1 Å². The Morgan fingerprint density at radius 1 is 1.33 bits per heavy atom. The zero-order chi connectivity index (χ0) is 10.7. The number of fused-ring (bicyclic) bond motifs is 1. The molecule has 0 saturated heterocycles. The zero-order valence-electron chi connectivity index (χ0n) is 8.16. The second-order valence-corrected chi connectivity index (χ2v) is 3.62. The first-order chi connectivity index (χ1) is 7.33. The first-order valence-electron chi connectivity index (χ1n) is 4.71. The van der Waals surface area contributed by atoms with E-state index in [0.717, 1.165) is 12.0 Å². The van der Waals surface area contributed by atoms with Crippen LogP contribution < -0.4 is 15.4 Å². The van der Waals surface area contributed by atoms with Crippen LogP contribution in [0.3, 0.4) is 0 Å². The van der Waals surface area contributed by atoms with Gasteiger partial charge < -0.3 is 9.47 Å². The van der Waals surface area contributed by atoms with E-state index < -0.39 is 0 Å². The molecule has 82 valence electrons. The fourth-order valence-electron chi connectivity index (χ4n) is 1.49. The standard InChI is InChI=1S/C10H12ClNO3/c11-8-2-3-9-10(7(8)6-15-12)14-5-1-4-13-9/h2-3H,1,4-6,12H2. The fourth-order valence-corrected chi connectivity index (χ4v) is 1.69. The van der Waals surface area contributed by atoms with Crippen molar-refractivity contribution in [2.24, 2.45) is 5.90 Å². The van der Waals surface area contributed by atoms with Crippen LogP contribution in [0.5, 0.6) is 11.5 Å². The SMILES string of the molecule is NOCc1c(Cl)ccc2c1OCCCO2. The van der Waals surface area contributed by atoms with Gasteiger partial charge >= 0.3 is 0 Å². The van der Waals surface area contributed by atoms with E-state index in [1.807, 2.05) is 0 Å². The second kappa shape index (κ2) is 4.70. The van der Waals surface area contributed by atoms with Crippen molar-refractivity contribution in [3.05, 3.63) is 22.7 Å². The van der Waals surface area contributed by atoms with Crippen LogP contribution in [0.15, 0.2) is 12.1 Å². The van der Waals surface area contributed by atoms with Gasteiger partial charge in [0.05, 0.1) is 24.8 Å². The van der Waals surface area contributed by atoms with Crippen molar-refractivity contribution in [2.75, 3.05) is 13.2 Å². The molecule has 4 nitrogen and oxygen atoms in total. The van der Waals surface area contributed by atoms with E-state index in [0.29, 0.717) is 29.7 Å². The molecular weight excluding hydrogens is 218 g/mol. The molecule has 0 amide bonds. The first kappa shape index (κ1) is 10.5. The van der Waals surface area contributed by atoms with Crippen LogP contribution in [0, 0.1) is 0 Å². The molecule has 0 radical (unpaired) electrons. The minimum Gasteiger partial charge on any atom is -0.490 e. The maximum atomic E-state index is 6.02. The summed E-state index contributed by atoms with van der Waals surface area (Å²) in [6, 6.07) is 3.55. The number of rotatable bonds is 2. The lowest BCUT2D eigenvalue weighted by Crippen LogP contribution is -2.03. The Kier molecular flexibility index (Phi) is 3.30. The van der Waals surface area contributed by atoms with Crippen molar-refractivity contribution >= 4 is 11.6 Å². The highest BCUT2D eigenvalue weighted by Crippen LogP contribution is 2.37. The van der Waals surface area contributed by atoms with Gasteiger partial charge in [-0.05, 0) is 12.1 Å². The van der Waals surface area contributed by atoms with E-state index in [4.69, 9.17) is 27.0 Å². The average molecular weight is 230 g/mol. The van der Waals surface area contributed by atoms with Gasteiger partial charge in [0.1, 0.15) is 0 Å². The van der Waals surface area contributed by atoms with Crippen LogP contribution in [-0.2, 0) is 11.4 Å². The lowest BCUT2D eigenvalue weighted by molar-refractivity contribution is 0.121. The summed E-state index contributed by atoms with van der Waals surface area (Å²) < 4.78 is 11.1. The van der Waals surface area contributed by atoms with Crippen molar-refractivity contribution < 1.29 is 14.3 Å². The largest absolute Gasteiger partial charge is 0.490 e. The van der Waals surface area contributed by atoms with Crippen LogP contribution in [0.2, 0.25) is 5.02 Å². The predicted molar refractivity (Wildman–Crippen MR) is 56.0 cm³/mol. The number of ether oxygens (including phenoxy) is 2. The Bertz CT molecular complexity index is 357. The van der Waals surface area contributed by atoms with Crippen molar-refractivity contribution in [3.63, 3.8) is 0 Å². The predicted octanol–water partition coefficient (Wildman–Crippen LogP) is 1.89. The number of halogens is 1. The summed E-state index contributed by atoms with van der Waals surface area (Å²) >= 11 is 6.02. The van der Waals surface area contributed by atoms with E-state index in [-0.39, 0.29) is 6.61 Å². The van der Waals surface area contributed by atoms with Gasteiger partial charge in [0.2, 0.25) is 0 Å². The molecule has 0 fully saturated rings. The monoisotopic (exact) mass is 229 g/mol. The Labute approximate surface area is 92.8 Å².